The highest BCUT2D eigenvalue weighted by Gasteiger charge is 2.35. The van der Waals surface area contributed by atoms with E-state index in [1.54, 1.807) is 0 Å². The van der Waals surface area contributed by atoms with Gasteiger partial charge in [0.05, 0.1) is 0 Å². The maximum absolute atomic E-state index is 5.68. The lowest BCUT2D eigenvalue weighted by atomic mass is 9.84. The van der Waals surface area contributed by atoms with E-state index in [0.29, 0.717) is 6.04 Å². The fourth-order valence-electron chi connectivity index (χ4n) is 4.35. The standard InChI is InChI=1S/C16H29N3S/c1-18-10-5-6-13-12-19(11-9-15(13)18)16(20)17-14-7-3-2-4-8-14/h13-15H,2-12H2,1H3,(H,17,20). The highest BCUT2D eigenvalue weighted by Crippen LogP contribution is 2.29. The molecule has 2 saturated heterocycles. The van der Waals surface area contributed by atoms with Gasteiger partial charge in [0.15, 0.2) is 5.11 Å². The molecule has 1 N–H and O–H groups in total. The van der Waals surface area contributed by atoms with Crippen LogP contribution >= 0.6 is 12.2 Å². The first-order valence-electron chi connectivity index (χ1n) is 8.50. The molecule has 2 atom stereocenters. The quantitative estimate of drug-likeness (QED) is 0.749. The number of thiocarbonyl (C=S) groups is 1. The average molecular weight is 295 g/mol. The van der Waals surface area contributed by atoms with Crippen LogP contribution in [0.25, 0.3) is 0 Å². The molecular weight excluding hydrogens is 266 g/mol. The molecule has 1 saturated carbocycles. The molecule has 3 fully saturated rings. The first-order chi connectivity index (χ1) is 9.74. The highest BCUT2D eigenvalue weighted by atomic mass is 32.1. The fourth-order valence-corrected chi connectivity index (χ4v) is 4.68. The van der Waals surface area contributed by atoms with Crippen LogP contribution in [0.3, 0.4) is 0 Å². The molecule has 114 valence electrons. The molecule has 20 heavy (non-hydrogen) atoms. The lowest BCUT2D eigenvalue weighted by molar-refractivity contribution is 0.0626. The van der Waals surface area contributed by atoms with E-state index in [0.717, 1.165) is 23.6 Å². The van der Waals surface area contributed by atoms with Crippen molar-refractivity contribution >= 4 is 17.3 Å². The van der Waals surface area contributed by atoms with E-state index >= 15 is 0 Å². The lowest BCUT2D eigenvalue weighted by Crippen LogP contribution is -2.56. The third kappa shape index (κ3) is 3.28. The molecule has 3 rings (SSSR count). The molecule has 1 aliphatic carbocycles. The second kappa shape index (κ2) is 6.61. The Morgan fingerprint density at radius 3 is 2.60 bits per heavy atom. The van der Waals surface area contributed by atoms with Gasteiger partial charge in [-0.15, -0.1) is 0 Å². The van der Waals surface area contributed by atoms with Crippen LogP contribution in [-0.2, 0) is 0 Å². The molecule has 0 amide bonds. The molecule has 3 aliphatic rings. The van der Waals surface area contributed by atoms with Gasteiger partial charge < -0.3 is 15.1 Å². The van der Waals surface area contributed by atoms with Crippen LogP contribution in [0.5, 0.6) is 0 Å². The molecule has 0 aromatic heterocycles. The monoisotopic (exact) mass is 295 g/mol. The van der Waals surface area contributed by atoms with E-state index in [1.165, 1.54) is 64.5 Å². The summed E-state index contributed by atoms with van der Waals surface area (Å²) in [5.74, 6) is 0.827. The van der Waals surface area contributed by atoms with Crippen LogP contribution in [-0.4, -0.2) is 53.7 Å². The van der Waals surface area contributed by atoms with Gasteiger partial charge in [0.1, 0.15) is 0 Å². The second-order valence-corrected chi connectivity index (χ2v) is 7.36. The van der Waals surface area contributed by atoms with Crippen LogP contribution in [0, 0.1) is 5.92 Å². The van der Waals surface area contributed by atoms with E-state index in [9.17, 15) is 0 Å². The van der Waals surface area contributed by atoms with Crippen LogP contribution in [0.4, 0.5) is 0 Å². The van der Waals surface area contributed by atoms with E-state index in [4.69, 9.17) is 12.2 Å². The van der Waals surface area contributed by atoms with Crippen molar-refractivity contribution in [2.75, 3.05) is 26.7 Å². The molecule has 0 spiro atoms. The Morgan fingerprint density at radius 2 is 1.80 bits per heavy atom. The fraction of sp³-hybridized carbons (Fsp3) is 0.938. The zero-order chi connectivity index (χ0) is 13.9. The minimum atomic E-state index is 0.642. The first-order valence-corrected chi connectivity index (χ1v) is 8.90. The number of rotatable bonds is 1. The summed E-state index contributed by atoms with van der Waals surface area (Å²) < 4.78 is 0. The lowest BCUT2D eigenvalue weighted by Gasteiger charge is -2.47. The predicted octanol–water partition coefficient (Wildman–Crippen LogP) is 2.61. The largest absolute Gasteiger partial charge is 0.360 e. The molecule has 0 bridgehead atoms. The summed E-state index contributed by atoms with van der Waals surface area (Å²) in [6, 6.07) is 1.44. The molecular formula is C16H29N3S. The van der Waals surface area contributed by atoms with Gasteiger partial charge in [-0.2, -0.15) is 0 Å². The van der Waals surface area contributed by atoms with Crippen LogP contribution < -0.4 is 5.32 Å². The summed E-state index contributed by atoms with van der Waals surface area (Å²) >= 11 is 5.68. The summed E-state index contributed by atoms with van der Waals surface area (Å²) in [6.07, 6.45) is 10.8. The van der Waals surface area contributed by atoms with Gasteiger partial charge in [-0.25, -0.2) is 0 Å². The number of nitrogens with zero attached hydrogens (tertiary/aromatic N) is 2. The van der Waals surface area contributed by atoms with E-state index in [-0.39, 0.29) is 0 Å². The van der Waals surface area contributed by atoms with E-state index < -0.39 is 0 Å². The second-order valence-electron chi connectivity index (χ2n) is 6.97. The summed E-state index contributed by atoms with van der Waals surface area (Å²) in [4.78, 5) is 5.02. The molecule has 2 unspecified atom stereocenters. The molecule has 3 nitrogen and oxygen atoms in total. The van der Waals surface area contributed by atoms with Gasteiger partial charge in [-0.05, 0) is 63.8 Å². The third-order valence-corrected chi connectivity index (χ3v) is 5.94. The predicted molar refractivity (Wildman–Crippen MR) is 87.9 cm³/mol. The number of piperidine rings is 2. The first kappa shape index (κ1) is 14.6. The molecule has 4 heteroatoms. The van der Waals surface area contributed by atoms with Crippen molar-refractivity contribution in [2.24, 2.45) is 5.92 Å². The van der Waals surface area contributed by atoms with Gasteiger partial charge in [0.25, 0.3) is 0 Å². The van der Waals surface area contributed by atoms with Crippen molar-refractivity contribution in [2.45, 2.75) is 63.5 Å². The van der Waals surface area contributed by atoms with Crippen LogP contribution in [0.15, 0.2) is 0 Å². The van der Waals surface area contributed by atoms with Crippen LogP contribution in [0.1, 0.15) is 51.4 Å². The highest BCUT2D eigenvalue weighted by molar-refractivity contribution is 7.80. The Bertz CT molecular complexity index is 341. The third-order valence-electron chi connectivity index (χ3n) is 5.57. The van der Waals surface area contributed by atoms with Crippen molar-refractivity contribution in [1.82, 2.24) is 15.1 Å². The summed E-state index contributed by atoms with van der Waals surface area (Å²) in [5, 5.41) is 4.67. The van der Waals surface area contributed by atoms with Gasteiger partial charge >= 0.3 is 0 Å². The zero-order valence-electron chi connectivity index (χ0n) is 12.8. The van der Waals surface area contributed by atoms with Crippen molar-refractivity contribution in [3.63, 3.8) is 0 Å². The van der Waals surface area contributed by atoms with Crippen molar-refractivity contribution in [3.05, 3.63) is 0 Å². The number of hydrogen-bond acceptors (Lipinski definition) is 2. The Morgan fingerprint density at radius 1 is 1.00 bits per heavy atom. The molecule has 2 heterocycles. The van der Waals surface area contributed by atoms with Gasteiger partial charge in [-0.1, -0.05) is 19.3 Å². The van der Waals surface area contributed by atoms with E-state index in [2.05, 4.69) is 22.2 Å². The topological polar surface area (TPSA) is 18.5 Å². The van der Waals surface area contributed by atoms with Gasteiger partial charge in [0, 0.05) is 25.2 Å². The average Bonchev–Trinajstić information content (AvgIpc) is 2.48. The normalized spacial score (nSPS) is 32.8. The number of fused-ring (bicyclic) bond motifs is 1. The number of hydrogen-bond donors (Lipinski definition) is 1. The summed E-state index contributed by atoms with van der Waals surface area (Å²) in [5.41, 5.74) is 0. The van der Waals surface area contributed by atoms with Gasteiger partial charge in [0.2, 0.25) is 0 Å². The van der Waals surface area contributed by atoms with Crippen molar-refractivity contribution < 1.29 is 0 Å². The molecule has 0 aromatic carbocycles. The summed E-state index contributed by atoms with van der Waals surface area (Å²) in [6.45, 7) is 3.60. The Kier molecular flexibility index (Phi) is 4.82. The summed E-state index contributed by atoms with van der Waals surface area (Å²) in [7, 11) is 2.30. The van der Waals surface area contributed by atoms with Crippen molar-refractivity contribution in [3.8, 4) is 0 Å². The minimum absolute atomic E-state index is 0.642. The number of nitrogens with one attached hydrogen (secondary N) is 1. The maximum atomic E-state index is 5.68. The Labute approximate surface area is 129 Å². The molecule has 0 aromatic rings. The van der Waals surface area contributed by atoms with E-state index in [1.807, 2.05) is 0 Å². The van der Waals surface area contributed by atoms with Crippen LogP contribution in [0.2, 0.25) is 0 Å². The smallest absolute Gasteiger partial charge is 0.169 e. The number of likely N-dealkylation sites (tertiary alicyclic amines) is 2. The SMILES string of the molecule is CN1CCCC2CN(C(=S)NC3CCCCC3)CCC21. The van der Waals surface area contributed by atoms with Crippen molar-refractivity contribution in [1.29, 1.82) is 0 Å². The maximum Gasteiger partial charge on any atom is 0.169 e. The Hall–Kier alpha value is -0.350. The zero-order valence-corrected chi connectivity index (χ0v) is 13.6. The molecule has 0 radical (unpaired) electrons. The Balaban J connectivity index is 1.51. The molecule has 2 aliphatic heterocycles. The van der Waals surface area contributed by atoms with Gasteiger partial charge in [-0.3, -0.25) is 0 Å². The minimum Gasteiger partial charge on any atom is -0.360 e.